The molecular formula is C21H30FN3O4. The summed E-state index contributed by atoms with van der Waals surface area (Å²) in [5.41, 5.74) is 0.875. The molecule has 1 aliphatic rings. The smallest absolute Gasteiger partial charge is 0.217 e. The molecule has 3 rings (SSSR count). The summed E-state index contributed by atoms with van der Waals surface area (Å²) in [6.07, 6.45) is 0.697. The monoisotopic (exact) mass is 407 g/mol. The molecule has 2 N–H and O–H groups in total. The first-order valence-electron chi connectivity index (χ1n) is 9.71. The number of nitrogens with one attached hydrogen (secondary N) is 2. The van der Waals surface area contributed by atoms with E-state index in [9.17, 15) is 9.18 Å². The van der Waals surface area contributed by atoms with Crippen molar-refractivity contribution in [2.75, 3.05) is 18.5 Å². The topological polar surface area (TPSA) is 81.7 Å². The number of benzene rings is 1. The van der Waals surface area contributed by atoms with Crippen molar-refractivity contribution < 1.29 is 24.8 Å². The summed E-state index contributed by atoms with van der Waals surface area (Å²) in [5, 5.41) is 5.77. The van der Waals surface area contributed by atoms with Crippen LogP contribution in [0.1, 0.15) is 48.0 Å². The second kappa shape index (κ2) is 10.5. The molecule has 0 fully saturated rings. The van der Waals surface area contributed by atoms with Crippen LogP contribution < -0.4 is 24.8 Å². The molecule has 1 amide bonds. The minimum Gasteiger partial charge on any atom is -0.494 e. The molecular weight excluding hydrogens is 377 g/mol. The first-order valence-corrected chi connectivity index (χ1v) is 9.71. The standard InChI is InChI=1S/C19H22FN3O4.C2H6.H2/c1-4-25-13-5-6-16-17(8-13)27-19(23-16)18-15(20)7-14(9-21-18)26-10-11(2)22-12(3)24;1-2;/h5-9,11,19,23H,4,10H2,1-3H3,(H,22,24);1-2H3;1H/t11-,19?;;/m0../s1. The van der Waals surface area contributed by atoms with Crippen LogP contribution in [0.2, 0.25) is 0 Å². The summed E-state index contributed by atoms with van der Waals surface area (Å²) >= 11 is 0. The Bertz CT molecular complexity index is 838. The van der Waals surface area contributed by atoms with Crippen LogP contribution in [-0.2, 0) is 4.79 Å². The van der Waals surface area contributed by atoms with Gasteiger partial charge in [-0.3, -0.25) is 4.79 Å². The van der Waals surface area contributed by atoms with E-state index < -0.39 is 12.0 Å². The van der Waals surface area contributed by atoms with Gasteiger partial charge in [0.25, 0.3) is 0 Å². The number of hydrogen-bond donors (Lipinski definition) is 2. The highest BCUT2D eigenvalue weighted by Gasteiger charge is 2.28. The third kappa shape index (κ3) is 5.97. The number of carbonyl (C=O) groups excluding carboxylic acids is 1. The Balaban J connectivity index is 0.00000146. The van der Waals surface area contributed by atoms with Crippen LogP contribution in [0, 0.1) is 5.82 Å². The quantitative estimate of drug-likeness (QED) is 0.712. The van der Waals surface area contributed by atoms with Crippen LogP contribution in [0.25, 0.3) is 0 Å². The number of rotatable bonds is 7. The van der Waals surface area contributed by atoms with Crippen molar-refractivity contribution in [3.05, 3.63) is 42.0 Å². The molecule has 7 nitrogen and oxygen atoms in total. The number of anilines is 1. The molecule has 2 atom stereocenters. The van der Waals surface area contributed by atoms with Gasteiger partial charge in [0.15, 0.2) is 5.82 Å². The van der Waals surface area contributed by atoms with Crippen molar-refractivity contribution in [2.24, 2.45) is 0 Å². The van der Waals surface area contributed by atoms with E-state index in [2.05, 4.69) is 15.6 Å². The fourth-order valence-electron chi connectivity index (χ4n) is 2.71. The van der Waals surface area contributed by atoms with E-state index in [1.807, 2.05) is 32.9 Å². The molecule has 0 aliphatic carbocycles. The lowest BCUT2D eigenvalue weighted by Crippen LogP contribution is -2.35. The van der Waals surface area contributed by atoms with Gasteiger partial charge in [0.05, 0.1) is 24.5 Å². The largest absolute Gasteiger partial charge is 0.494 e. The summed E-state index contributed by atoms with van der Waals surface area (Å²) in [5.74, 6) is 0.848. The number of halogens is 1. The second-order valence-electron chi connectivity index (χ2n) is 6.18. The third-order valence-corrected chi connectivity index (χ3v) is 3.84. The van der Waals surface area contributed by atoms with E-state index in [4.69, 9.17) is 14.2 Å². The molecule has 29 heavy (non-hydrogen) atoms. The number of aromatic nitrogens is 1. The Morgan fingerprint density at radius 1 is 1.34 bits per heavy atom. The van der Waals surface area contributed by atoms with Gasteiger partial charge in [-0.05, 0) is 26.0 Å². The molecule has 1 aromatic carbocycles. The summed E-state index contributed by atoms with van der Waals surface area (Å²) < 4.78 is 31.2. The van der Waals surface area contributed by atoms with Crippen molar-refractivity contribution in [3.8, 4) is 17.2 Å². The SMILES string of the molecule is CC.CCOc1ccc2c(c1)OC(c1ncc(OC[C@H](C)NC(C)=O)cc1F)N2.[HH]. The van der Waals surface area contributed by atoms with Gasteiger partial charge in [0.2, 0.25) is 12.1 Å². The van der Waals surface area contributed by atoms with Gasteiger partial charge in [-0.1, -0.05) is 13.8 Å². The van der Waals surface area contributed by atoms with Crippen molar-refractivity contribution in [1.29, 1.82) is 0 Å². The Hall–Kier alpha value is -3.03. The summed E-state index contributed by atoms with van der Waals surface area (Å²) in [4.78, 5) is 15.1. The fourth-order valence-corrected chi connectivity index (χ4v) is 2.71. The molecule has 0 saturated carbocycles. The maximum atomic E-state index is 14.5. The van der Waals surface area contributed by atoms with Crippen molar-refractivity contribution in [2.45, 2.75) is 46.9 Å². The van der Waals surface area contributed by atoms with Crippen LogP contribution in [0.15, 0.2) is 30.5 Å². The molecule has 0 radical (unpaired) electrons. The van der Waals surface area contributed by atoms with E-state index in [-0.39, 0.29) is 31.4 Å². The van der Waals surface area contributed by atoms with Gasteiger partial charge < -0.3 is 24.8 Å². The van der Waals surface area contributed by atoms with Gasteiger partial charge >= 0.3 is 0 Å². The maximum absolute atomic E-state index is 14.5. The van der Waals surface area contributed by atoms with Crippen molar-refractivity contribution >= 4 is 11.6 Å². The zero-order valence-electron chi connectivity index (χ0n) is 17.4. The average molecular weight is 407 g/mol. The zero-order chi connectivity index (χ0) is 21.4. The lowest BCUT2D eigenvalue weighted by molar-refractivity contribution is -0.119. The van der Waals surface area contributed by atoms with E-state index in [0.717, 1.165) is 5.69 Å². The minimum atomic E-state index is -0.732. The van der Waals surface area contributed by atoms with Crippen LogP contribution in [0.4, 0.5) is 10.1 Å². The lowest BCUT2D eigenvalue weighted by Gasteiger charge is -2.15. The number of nitrogens with zero attached hydrogens (tertiary/aromatic N) is 1. The highest BCUT2D eigenvalue weighted by atomic mass is 19.1. The molecule has 1 aromatic heterocycles. The Labute approximate surface area is 172 Å². The van der Waals surface area contributed by atoms with Crippen LogP contribution >= 0.6 is 0 Å². The molecule has 160 valence electrons. The van der Waals surface area contributed by atoms with E-state index in [1.165, 1.54) is 19.2 Å². The van der Waals surface area contributed by atoms with E-state index in [1.54, 1.807) is 13.0 Å². The van der Waals surface area contributed by atoms with E-state index in [0.29, 0.717) is 18.1 Å². The number of fused-ring (bicyclic) bond motifs is 1. The van der Waals surface area contributed by atoms with Gasteiger partial charge in [0, 0.05) is 20.5 Å². The Kier molecular flexibility index (Phi) is 8.06. The molecule has 1 aliphatic heterocycles. The van der Waals surface area contributed by atoms with Gasteiger partial charge in [-0.25, -0.2) is 9.37 Å². The number of hydrogen-bond acceptors (Lipinski definition) is 6. The van der Waals surface area contributed by atoms with Crippen LogP contribution in [0.3, 0.4) is 0 Å². The van der Waals surface area contributed by atoms with Gasteiger partial charge in [-0.2, -0.15) is 0 Å². The highest BCUT2D eigenvalue weighted by Crippen LogP contribution is 2.40. The number of carbonyl (C=O) groups is 1. The van der Waals surface area contributed by atoms with Gasteiger partial charge in [0.1, 0.15) is 29.5 Å². The highest BCUT2D eigenvalue weighted by molar-refractivity contribution is 5.73. The van der Waals surface area contributed by atoms with Crippen molar-refractivity contribution in [1.82, 2.24) is 10.3 Å². The fraction of sp³-hybridized carbons (Fsp3) is 0.429. The predicted octanol–water partition coefficient (Wildman–Crippen LogP) is 4.30. The molecule has 1 unspecified atom stereocenters. The molecule has 2 heterocycles. The molecule has 0 spiro atoms. The van der Waals surface area contributed by atoms with Gasteiger partial charge in [-0.15, -0.1) is 0 Å². The molecule has 2 aromatic rings. The van der Waals surface area contributed by atoms with Crippen LogP contribution in [0.5, 0.6) is 17.2 Å². The summed E-state index contributed by atoms with van der Waals surface area (Å²) in [7, 11) is 0. The minimum absolute atomic E-state index is 0. The van der Waals surface area contributed by atoms with E-state index >= 15 is 0 Å². The molecule has 0 bridgehead atoms. The average Bonchev–Trinajstić information content (AvgIpc) is 3.11. The number of ether oxygens (including phenoxy) is 3. The number of pyridine rings is 1. The first-order chi connectivity index (χ1) is 14.0. The Morgan fingerprint density at radius 3 is 2.76 bits per heavy atom. The molecule has 0 saturated heterocycles. The first kappa shape index (κ1) is 22.3. The van der Waals surface area contributed by atoms with Crippen LogP contribution in [-0.4, -0.2) is 30.1 Å². The predicted molar refractivity (Wildman–Crippen MR) is 111 cm³/mol. The normalized spacial score (nSPS) is 15.0. The second-order valence-corrected chi connectivity index (χ2v) is 6.18. The van der Waals surface area contributed by atoms with Crippen molar-refractivity contribution in [3.63, 3.8) is 0 Å². The third-order valence-electron chi connectivity index (χ3n) is 3.84. The summed E-state index contributed by atoms with van der Waals surface area (Å²) in [6.45, 7) is 9.88. The lowest BCUT2D eigenvalue weighted by atomic mass is 10.2. The Morgan fingerprint density at radius 2 is 2.10 bits per heavy atom. The molecule has 8 heteroatoms. The zero-order valence-corrected chi connectivity index (χ0v) is 17.4. The summed E-state index contributed by atoms with van der Waals surface area (Å²) in [6, 6.07) is 6.45. The maximum Gasteiger partial charge on any atom is 0.217 e. The number of amides is 1.